The molecule has 0 saturated carbocycles. The van der Waals surface area contributed by atoms with Crippen molar-refractivity contribution in [2.24, 2.45) is 0 Å². The van der Waals surface area contributed by atoms with Gasteiger partial charge in [0.25, 0.3) is 5.91 Å². The van der Waals surface area contributed by atoms with Gasteiger partial charge in [-0.05, 0) is 44.2 Å². The van der Waals surface area contributed by atoms with Crippen LogP contribution in [0.15, 0.2) is 36.4 Å². The maximum atomic E-state index is 12.1. The first-order valence-electron chi connectivity index (χ1n) is 6.64. The standard InChI is InChI=1S/C15H18N4O2/c1-10(2)16-13-7-8-14(19-18-13)17-15(20)11-5-4-6-12(9-11)21-3/h4-10H,1-3H3,(H,16,18)(H,17,19,20). The lowest BCUT2D eigenvalue weighted by Crippen LogP contribution is -2.15. The zero-order valence-electron chi connectivity index (χ0n) is 12.3. The summed E-state index contributed by atoms with van der Waals surface area (Å²) >= 11 is 0. The molecule has 1 aromatic carbocycles. The lowest BCUT2D eigenvalue weighted by Gasteiger charge is -2.09. The van der Waals surface area contributed by atoms with Crippen LogP contribution < -0.4 is 15.4 Å². The Kier molecular flexibility index (Phi) is 4.71. The fourth-order valence-electron chi connectivity index (χ4n) is 1.72. The fourth-order valence-corrected chi connectivity index (χ4v) is 1.72. The average molecular weight is 286 g/mol. The highest BCUT2D eigenvalue weighted by Crippen LogP contribution is 2.14. The van der Waals surface area contributed by atoms with E-state index in [1.165, 1.54) is 0 Å². The van der Waals surface area contributed by atoms with E-state index in [0.29, 0.717) is 22.9 Å². The summed E-state index contributed by atoms with van der Waals surface area (Å²) in [7, 11) is 1.56. The predicted octanol–water partition coefficient (Wildman–Crippen LogP) is 2.56. The van der Waals surface area contributed by atoms with Gasteiger partial charge < -0.3 is 15.4 Å². The molecule has 0 spiro atoms. The van der Waals surface area contributed by atoms with Gasteiger partial charge in [-0.1, -0.05) is 6.07 Å². The molecule has 0 saturated heterocycles. The van der Waals surface area contributed by atoms with Gasteiger partial charge in [-0.2, -0.15) is 0 Å². The number of carbonyl (C=O) groups excluding carboxylic acids is 1. The van der Waals surface area contributed by atoms with Crippen LogP contribution in [-0.4, -0.2) is 29.3 Å². The van der Waals surface area contributed by atoms with Gasteiger partial charge in [0.2, 0.25) is 0 Å². The van der Waals surface area contributed by atoms with Crippen LogP contribution in [0.25, 0.3) is 0 Å². The highest BCUT2D eigenvalue weighted by molar-refractivity contribution is 6.03. The Morgan fingerprint density at radius 1 is 1.14 bits per heavy atom. The van der Waals surface area contributed by atoms with Gasteiger partial charge in [0.1, 0.15) is 11.6 Å². The van der Waals surface area contributed by atoms with E-state index in [2.05, 4.69) is 20.8 Å². The van der Waals surface area contributed by atoms with E-state index in [-0.39, 0.29) is 11.9 Å². The van der Waals surface area contributed by atoms with Crippen molar-refractivity contribution in [3.05, 3.63) is 42.0 Å². The van der Waals surface area contributed by atoms with Gasteiger partial charge in [-0.15, -0.1) is 10.2 Å². The van der Waals surface area contributed by atoms with Crippen LogP contribution >= 0.6 is 0 Å². The van der Waals surface area contributed by atoms with Crippen LogP contribution in [0.2, 0.25) is 0 Å². The molecule has 0 unspecified atom stereocenters. The molecular weight excluding hydrogens is 268 g/mol. The van der Waals surface area contributed by atoms with Gasteiger partial charge in [-0.3, -0.25) is 4.79 Å². The monoisotopic (exact) mass is 286 g/mol. The number of ether oxygens (including phenoxy) is 1. The normalized spacial score (nSPS) is 10.3. The Morgan fingerprint density at radius 3 is 2.48 bits per heavy atom. The number of aromatic nitrogens is 2. The summed E-state index contributed by atoms with van der Waals surface area (Å²) in [6.07, 6.45) is 0. The lowest BCUT2D eigenvalue weighted by molar-refractivity contribution is 0.102. The Hall–Kier alpha value is -2.63. The van der Waals surface area contributed by atoms with Crippen LogP contribution in [0.3, 0.4) is 0 Å². The smallest absolute Gasteiger partial charge is 0.256 e. The number of nitrogens with zero attached hydrogens (tertiary/aromatic N) is 2. The second-order valence-electron chi connectivity index (χ2n) is 4.79. The van der Waals surface area contributed by atoms with E-state index < -0.39 is 0 Å². The van der Waals surface area contributed by atoms with Crippen molar-refractivity contribution >= 4 is 17.5 Å². The Balaban J connectivity index is 2.05. The lowest BCUT2D eigenvalue weighted by atomic mass is 10.2. The van der Waals surface area contributed by atoms with Crippen molar-refractivity contribution in [2.75, 3.05) is 17.7 Å². The van der Waals surface area contributed by atoms with Gasteiger partial charge in [0.15, 0.2) is 5.82 Å². The number of hydrogen-bond acceptors (Lipinski definition) is 5. The SMILES string of the molecule is COc1cccc(C(=O)Nc2ccc(NC(C)C)nn2)c1. The molecule has 2 N–H and O–H groups in total. The molecule has 0 aliphatic heterocycles. The summed E-state index contributed by atoms with van der Waals surface area (Å²) in [6.45, 7) is 4.03. The van der Waals surface area contributed by atoms with Gasteiger partial charge >= 0.3 is 0 Å². The third kappa shape index (κ3) is 4.17. The van der Waals surface area contributed by atoms with Crippen molar-refractivity contribution < 1.29 is 9.53 Å². The molecule has 1 heterocycles. The predicted molar refractivity (Wildman–Crippen MR) is 81.7 cm³/mol. The topological polar surface area (TPSA) is 76.1 Å². The van der Waals surface area contributed by atoms with Crippen molar-refractivity contribution in [2.45, 2.75) is 19.9 Å². The first-order chi connectivity index (χ1) is 10.1. The number of carbonyl (C=O) groups is 1. The van der Waals surface area contributed by atoms with Crippen molar-refractivity contribution in [3.63, 3.8) is 0 Å². The van der Waals surface area contributed by atoms with E-state index >= 15 is 0 Å². The van der Waals surface area contributed by atoms with E-state index in [4.69, 9.17) is 4.74 Å². The van der Waals surface area contributed by atoms with E-state index in [0.717, 1.165) is 0 Å². The average Bonchev–Trinajstić information content (AvgIpc) is 2.49. The van der Waals surface area contributed by atoms with Crippen LogP contribution in [0.4, 0.5) is 11.6 Å². The van der Waals surface area contributed by atoms with Crippen molar-refractivity contribution in [1.82, 2.24) is 10.2 Å². The van der Waals surface area contributed by atoms with Gasteiger partial charge in [0.05, 0.1) is 7.11 Å². The number of methoxy groups -OCH3 is 1. The molecule has 2 aromatic rings. The summed E-state index contributed by atoms with van der Waals surface area (Å²) in [5.74, 6) is 1.44. The third-order valence-electron chi connectivity index (χ3n) is 2.67. The molecule has 21 heavy (non-hydrogen) atoms. The minimum atomic E-state index is -0.257. The van der Waals surface area contributed by atoms with E-state index in [1.54, 1.807) is 43.5 Å². The summed E-state index contributed by atoms with van der Waals surface area (Å²) in [5.41, 5.74) is 0.500. The molecule has 0 radical (unpaired) electrons. The molecule has 0 aliphatic rings. The van der Waals surface area contributed by atoms with Crippen molar-refractivity contribution in [1.29, 1.82) is 0 Å². The minimum absolute atomic E-state index is 0.257. The molecule has 2 rings (SSSR count). The Morgan fingerprint density at radius 2 is 1.86 bits per heavy atom. The second-order valence-corrected chi connectivity index (χ2v) is 4.79. The molecule has 1 amide bonds. The first-order valence-corrected chi connectivity index (χ1v) is 6.64. The first kappa shape index (κ1) is 14.8. The van der Waals surface area contributed by atoms with Crippen LogP contribution in [0, 0.1) is 0 Å². The quantitative estimate of drug-likeness (QED) is 0.883. The number of benzene rings is 1. The molecule has 0 atom stereocenters. The van der Waals surface area contributed by atoms with Gasteiger partial charge in [-0.25, -0.2) is 0 Å². The third-order valence-corrected chi connectivity index (χ3v) is 2.67. The highest BCUT2D eigenvalue weighted by Gasteiger charge is 2.08. The maximum absolute atomic E-state index is 12.1. The van der Waals surface area contributed by atoms with E-state index in [9.17, 15) is 4.79 Å². The number of amides is 1. The summed E-state index contributed by atoms with van der Waals surface area (Å²) in [5, 5.41) is 13.8. The minimum Gasteiger partial charge on any atom is -0.497 e. The fraction of sp³-hybridized carbons (Fsp3) is 0.267. The molecule has 110 valence electrons. The molecule has 1 aromatic heterocycles. The second kappa shape index (κ2) is 6.69. The Labute approximate surface area is 123 Å². The highest BCUT2D eigenvalue weighted by atomic mass is 16.5. The summed E-state index contributed by atoms with van der Waals surface area (Å²) in [6, 6.07) is 10.7. The van der Waals surface area contributed by atoms with E-state index in [1.807, 2.05) is 13.8 Å². The molecule has 0 aliphatic carbocycles. The molecule has 6 heteroatoms. The molecule has 6 nitrogen and oxygen atoms in total. The number of anilines is 2. The zero-order chi connectivity index (χ0) is 15.2. The van der Waals surface area contributed by atoms with Crippen LogP contribution in [-0.2, 0) is 0 Å². The van der Waals surface area contributed by atoms with Crippen LogP contribution in [0.1, 0.15) is 24.2 Å². The Bertz CT molecular complexity index is 611. The number of nitrogens with one attached hydrogen (secondary N) is 2. The molecule has 0 bridgehead atoms. The van der Waals surface area contributed by atoms with Crippen molar-refractivity contribution in [3.8, 4) is 5.75 Å². The molecular formula is C15H18N4O2. The number of rotatable bonds is 5. The molecule has 0 fully saturated rings. The van der Waals surface area contributed by atoms with Crippen LogP contribution in [0.5, 0.6) is 5.75 Å². The summed E-state index contributed by atoms with van der Waals surface area (Å²) in [4.78, 5) is 12.1. The maximum Gasteiger partial charge on any atom is 0.256 e. The zero-order valence-corrected chi connectivity index (χ0v) is 12.3. The van der Waals surface area contributed by atoms with Gasteiger partial charge in [0, 0.05) is 11.6 Å². The largest absolute Gasteiger partial charge is 0.497 e. The number of hydrogen-bond donors (Lipinski definition) is 2. The summed E-state index contributed by atoms with van der Waals surface area (Å²) < 4.78 is 5.09.